The van der Waals surface area contributed by atoms with Crippen LogP contribution in [0.1, 0.15) is 30.4 Å². The molecule has 1 aromatic carbocycles. The van der Waals surface area contributed by atoms with Crippen LogP contribution in [-0.2, 0) is 6.42 Å². The monoisotopic (exact) mass is 269 g/mol. The van der Waals surface area contributed by atoms with Crippen molar-refractivity contribution in [1.82, 2.24) is 0 Å². The molecule has 0 radical (unpaired) electrons. The maximum absolute atomic E-state index is 9.82. The van der Waals surface area contributed by atoms with E-state index in [1.54, 1.807) is 6.07 Å². The highest BCUT2D eigenvalue weighted by atomic mass is 79.9. The summed E-state index contributed by atoms with van der Waals surface area (Å²) in [6, 6.07) is 3.83. The van der Waals surface area contributed by atoms with Crippen molar-refractivity contribution in [3.63, 3.8) is 0 Å². The Morgan fingerprint density at radius 3 is 2.67 bits per heavy atom. The molecule has 1 aliphatic carbocycles. The summed E-state index contributed by atoms with van der Waals surface area (Å²) in [4.78, 5) is 0. The normalized spacial score (nSPS) is 17.8. The van der Waals surface area contributed by atoms with Crippen molar-refractivity contribution in [3.05, 3.63) is 27.7 Å². The molecule has 0 amide bonds. The highest BCUT2D eigenvalue weighted by molar-refractivity contribution is 9.10. The van der Waals surface area contributed by atoms with Crippen molar-refractivity contribution in [3.8, 4) is 5.75 Å². The Balaban J connectivity index is 2.13. The smallest absolute Gasteiger partial charge is 0.120 e. The largest absolute Gasteiger partial charge is 0.508 e. The Kier molecular flexibility index (Phi) is 2.77. The Morgan fingerprint density at radius 2 is 2.13 bits per heavy atom. The number of benzene rings is 1. The zero-order chi connectivity index (χ0) is 11.1. The molecule has 2 nitrogen and oxygen atoms in total. The highest BCUT2D eigenvalue weighted by Crippen LogP contribution is 2.38. The van der Waals surface area contributed by atoms with Gasteiger partial charge in [-0.3, -0.25) is 0 Å². The minimum Gasteiger partial charge on any atom is -0.508 e. The van der Waals surface area contributed by atoms with Crippen LogP contribution in [0.25, 0.3) is 0 Å². The van der Waals surface area contributed by atoms with Crippen LogP contribution in [0.5, 0.6) is 5.75 Å². The Morgan fingerprint density at radius 1 is 1.47 bits per heavy atom. The SMILES string of the molecule is Cc1cc(O)c(CCC2(N)CC2)c(Br)c1. The van der Waals surface area contributed by atoms with Crippen LogP contribution in [0.3, 0.4) is 0 Å². The van der Waals surface area contributed by atoms with Crippen LogP contribution >= 0.6 is 15.9 Å². The van der Waals surface area contributed by atoms with E-state index in [1.807, 2.05) is 13.0 Å². The summed E-state index contributed by atoms with van der Waals surface area (Å²) < 4.78 is 0.990. The number of rotatable bonds is 3. The molecular weight excluding hydrogens is 254 g/mol. The van der Waals surface area contributed by atoms with E-state index < -0.39 is 0 Å². The van der Waals surface area contributed by atoms with Crippen molar-refractivity contribution >= 4 is 15.9 Å². The molecule has 0 unspecified atom stereocenters. The Bertz CT molecular complexity index is 362. The van der Waals surface area contributed by atoms with Crippen molar-refractivity contribution in [2.75, 3.05) is 0 Å². The standard InChI is InChI=1S/C12H16BrNO/c1-8-6-10(13)9(11(15)7-8)2-3-12(14)4-5-12/h6-7,15H,2-5,14H2,1H3. The molecule has 0 spiro atoms. The van der Waals surface area contributed by atoms with Gasteiger partial charge in [-0.2, -0.15) is 0 Å². The first-order chi connectivity index (χ1) is 7.00. The van der Waals surface area contributed by atoms with Gasteiger partial charge in [-0.25, -0.2) is 0 Å². The highest BCUT2D eigenvalue weighted by Gasteiger charge is 2.37. The number of aryl methyl sites for hydroxylation is 1. The van der Waals surface area contributed by atoms with E-state index in [2.05, 4.69) is 15.9 Å². The average molecular weight is 270 g/mol. The van der Waals surface area contributed by atoms with Gasteiger partial charge in [-0.05, 0) is 50.3 Å². The molecule has 3 N–H and O–H groups in total. The van der Waals surface area contributed by atoms with Crippen LogP contribution in [0.4, 0.5) is 0 Å². The summed E-state index contributed by atoms with van der Waals surface area (Å²) in [6.07, 6.45) is 4.06. The number of phenols is 1. The second-order valence-corrected chi connectivity index (χ2v) is 5.46. The quantitative estimate of drug-likeness (QED) is 0.887. The van der Waals surface area contributed by atoms with Gasteiger partial charge in [-0.15, -0.1) is 0 Å². The predicted molar refractivity (Wildman–Crippen MR) is 65.0 cm³/mol. The second kappa shape index (κ2) is 3.80. The molecule has 1 fully saturated rings. The molecule has 1 saturated carbocycles. The number of aromatic hydroxyl groups is 1. The molecule has 0 aliphatic heterocycles. The summed E-state index contributed by atoms with van der Waals surface area (Å²) >= 11 is 3.49. The molecule has 15 heavy (non-hydrogen) atoms. The van der Waals surface area contributed by atoms with Gasteiger partial charge < -0.3 is 10.8 Å². The lowest BCUT2D eigenvalue weighted by Gasteiger charge is -2.11. The van der Waals surface area contributed by atoms with Crippen molar-refractivity contribution in [2.24, 2.45) is 5.73 Å². The number of hydrogen-bond donors (Lipinski definition) is 2. The van der Waals surface area contributed by atoms with Gasteiger partial charge in [0.15, 0.2) is 0 Å². The van der Waals surface area contributed by atoms with E-state index in [9.17, 15) is 5.11 Å². The van der Waals surface area contributed by atoms with Gasteiger partial charge in [0.1, 0.15) is 5.75 Å². The lowest BCUT2D eigenvalue weighted by molar-refractivity contribution is 0.463. The van der Waals surface area contributed by atoms with Gasteiger partial charge in [0.05, 0.1) is 0 Å². The molecule has 82 valence electrons. The Labute approximate surface area is 98.6 Å². The zero-order valence-corrected chi connectivity index (χ0v) is 10.5. The number of hydrogen-bond acceptors (Lipinski definition) is 2. The fraction of sp³-hybridized carbons (Fsp3) is 0.500. The average Bonchev–Trinajstić information content (AvgIpc) is 2.82. The minimum absolute atomic E-state index is 0.0523. The fourth-order valence-electron chi connectivity index (χ4n) is 1.79. The van der Waals surface area contributed by atoms with Crippen molar-refractivity contribution in [2.45, 2.75) is 38.1 Å². The molecular formula is C12H16BrNO. The van der Waals surface area contributed by atoms with Crippen LogP contribution in [0.2, 0.25) is 0 Å². The molecule has 0 bridgehead atoms. The summed E-state index contributed by atoms with van der Waals surface area (Å²) in [5.41, 5.74) is 8.13. The molecule has 1 aromatic rings. The maximum Gasteiger partial charge on any atom is 0.120 e. The summed E-state index contributed by atoms with van der Waals surface area (Å²) in [7, 11) is 0. The van der Waals surface area contributed by atoms with Crippen LogP contribution in [0, 0.1) is 6.92 Å². The van der Waals surface area contributed by atoms with Gasteiger partial charge in [-0.1, -0.05) is 15.9 Å². The third-order valence-electron chi connectivity index (χ3n) is 3.08. The first-order valence-corrected chi connectivity index (χ1v) is 6.06. The summed E-state index contributed by atoms with van der Waals surface area (Å²) in [5, 5.41) is 9.82. The first kappa shape index (κ1) is 11.0. The van der Waals surface area contributed by atoms with E-state index in [0.29, 0.717) is 5.75 Å². The predicted octanol–water partition coefficient (Wildman–Crippen LogP) is 2.89. The van der Waals surface area contributed by atoms with Crippen LogP contribution in [0.15, 0.2) is 16.6 Å². The van der Waals surface area contributed by atoms with Gasteiger partial charge in [0.25, 0.3) is 0 Å². The van der Waals surface area contributed by atoms with E-state index in [1.165, 1.54) is 0 Å². The second-order valence-electron chi connectivity index (χ2n) is 4.61. The minimum atomic E-state index is 0.0523. The Hall–Kier alpha value is -0.540. The van der Waals surface area contributed by atoms with E-state index in [0.717, 1.165) is 41.3 Å². The molecule has 0 heterocycles. The van der Waals surface area contributed by atoms with E-state index in [-0.39, 0.29) is 5.54 Å². The van der Waals surface area contributed by atoms with Gasteiger partial charge >= 0.3 is 0 Å². The molecule has 3 heteroatoms. The third-order valence-corrected chi connectivity index (χ3v) is 3.79. The lowest BCUT2D eigenvalue weighted by Crippen LogP contribution is -2.22. The van der Waals surface area contributed by atoms with E-state index in [4.69, 9.17) is 5.73 Å². The van der Waals surface area contributed by atoms with Crippen molar-refractivity contribution < 1.29 is 5.11 Å². The van der Waals surface area contributed by atoms with Gasteiger partial charge in [0.2, 0.25) is 0 Å². The molecule has 1 aliphatic rings. The van der Waals surface area contributed by atoms with Crippen LogP contribution < -0.4 is 5.73 Å². The number of nitrogens with two attached hydrogens (primary N) is 1. The van der Waals surface area contributed by atoms with E-state index >= 15 is 0 Å². The number of phenolic OH excluding ortho intramolecular Hbond substituents is 1. The topological polar surface area (TPSA) is 46.2 Å². The van der Waals surface area contributed by atoms with Crippen LogP contribution in [-0.4, -0.2) is 10.6 Å². The van der Waals surface area contributed by atoms with Crippen molar-refractivity contribution in [1.29, 1.82) is 0 Å². The zero-order valence-electron chi connectivity index (χ0n) is 8.89. The maximum atomic E-state index is 9.82. The lowest BCUT2D eigenvalue weighted by atomic mass is 10.0. The number of halogens is 1. The molecule has 0 saturated heterocycles. The first-order valence-electron chi connectivity index (χ1n) is 5.27. The summed E-state index contributed by atoms with van der Waals surface area (Å²) in [5.74, 6) is 0.381. The third kappa shape index (κ3) is 2.52. The molecule has 2 rings (SSSR count). The fourth-order valence-corrected chi connectivity index (χ4v) is 2.55. The summed E-state index contributed by atoms with van der Waals surface area (Å²) in [6.45, 7) is 1.97. The molecule has 0 aromatic heterocycles. The van der Waals surface area contributed by atoms with Gasteiger partial charge in [0, 0.05) is 15.6 Å². The molecule has 0 atom stereocenters.